The van der Waals surface area contributed by atoms with E-state index in [1.165, 1.54) is 13.0 Å². The van der Waals surface area contributed by atoms with E-state index in [-0.39, 0.29) is 5.56 Å². The van der Waals surface area contributed by atoms with Crippen molar-refractivity contribution in [3.8, 4) is 0 Å². The van der Waals surface area contributed by atoms with E-state index in [0.717, 1.165) is 26.4 Å². The van der Waals surface area contributed by atoms with Crippen LogP contribution in [0.15, 0.2) is 23.9 Å². The highest BCUT2D eigenvalue weighted by Crippen LogP contribution is 2.23. The van der Waals surface area contributed by atoms with Gasteiger partial charge in [-0.3, -0.25) is 0 Å². The first-order valence-electron chi connectivity index (χ1n) is 5.50. The molecule has 0 unspecified atom stereocenters. The monoisotopic (exact) mass is 285 g/mol. The fraction of sp³-hybridized carbons (Fsp3) is 0.231. The van der Waals surface area contributed by atoms with Crippen LogP contribution in [0.2, 0.25) is 0 Å². The van der Waals surface area contributed by atoms with Crippen LogP contribution in [0.3, 0.4) is 0 Å². The summed E-state index contributed by atoms with van der Waals surface area (Å²) in [6.07, 6.45) is 0.743. The lowest BCUT2D eigenvalue weighted by molar-refractivity contribution is -0.138. The number of aryl methyl sites for hydroxylation is 1. The number of esters is 2. The number of carbonyl (C=O) groups is 2. The molecule has 108 valence electrons. The Balaban J connectivity index is 3.21. The Labute approximate surface area is 114 Å². The maximum absolute atomic E-state index is 13.8. The van der Waals surface area contributed by atoms with Crippen LogP contribution in [0.5, 0.6) is 0 Å². The molecule has 0 fully saturated rings. The predicted octanol–water partition coefficient (Wildman–Crippen LogP) is 1.92. The van der Waals surface area contributed by atoms with E-state index >= 15 is 0 Å². The van der Waals surface area contributed by atoms with Gasteiger partial charge in [0.05, 0.1) is 20.3 Å². The third-order valence-electron chi connectivity index (χ3n) is 2.41. The number of nitrogens with one attached hydrogen (secondary N) is 1. The van der Waals surface area contributed by atoms with Gasteiger partial charge in [0.15, 0.2) is 5.82 Å². The highest BCUT2D eigenvalue weighted by Gasteiger charge is 2.18. The summed E-state index contributed by atoms with van der Waals surface area (Å²) in [6.45, 7) is 1.43. The highest BCUT2D eigenvalue weighted by molar-refractivity contribution is 5.98. The number of anilines is 1. The SMILES string of the molecule is COC(=O)/C=C(/Nc1c(F)ccc(C)c1F)C(=O)OC. The van der Waals surface area contributed by atoms with Gasteiger partial charge in [-0.15, -0.1) is 0 Å². The maximum Gasteiger partial charge on any atom is 0.354 e. The summed E-state index contributed by atoms with van der Waals surface area (Å²) >= 11 is 0. The second-order valence-electron chi connectivity index (χ2n) is 3.75. The Morgan fingerprint density at radius 1 is 1.20 bits per heavy atom. The Bertz CT molecular complexity index is 570. The molecule has 0 amide bonds. The summed E-state index contributed by atoms with van der Waals surface area (Å²) in [5.74, 6) is -3.61. The fourth-order valence-corrected chi connectivity index (χ4v) is 1.34. The molecular weight excluding hydrogens is 272 g/mol. The molecule has 0 heterocycles. The molecule has 1 aromatic rings. The average Bonchev–Trinajstić information content (AvgIpc) is 2.45. The van der Waals surface area contributed by atoms with Crippen molar-refractivity contribution in [2.24, 2.45) is 0 Å². The number of methoxy groups -OCH3 is 2. The van der Waals surface area contributed by atoms with Gasteiger partial charge < -0.3 is 14.8 Å². The van der Waals surface area contributed by atoms with Gasteiger partial charge >= 0.3 is 11.9 Å². The van der Waals surface area contributed by atoms with Gasteiger partial charge in [-0.05, 0) is 18.6 Å². The molecule has 1 aromatic carbocycles. The van der Waals surface area contributed by atoms with Gasteiger partial charge in [0.25, 0.3) is 0 Å². The normalized spacial score (nSPS) is 10.9. The van der Waals surface area contributed by atoms with E-state index in [9.17, 15) is 18.4 Å². The molecule has 0 atom stereocenters. The summed E-state index contributed by atoms with van der Waals surface area (Å²) in [5, 5.41) is 2.21. The molecule has 0 bridgehead atoms. The van der Waals surface area contributed by atoms with Crippen molar-refractivity contribution in [1.82, 2.24) is 0 Å². The molecule has 0 aliphatic rings. The molecule has 7 heteroatoms. The second kappa shape index (κ2) is 6.65. The molecule has 0 aliphatic carbocycles. The molecule has 1 N–H and O–H groups in total. The second-order valence-corrected chi connectivity index (χ2v) is 3.75. The molecule has 0 aliphatic heterocycles. The highest BCUT2D eigenvalue weighted by atomic mass is 19.1. The number of halogens is 2. The van der Waals surface area contributed by atoms with Crippen LogP contribution in [-0.4, -0.2) is 26.2 Å². The molecule has 20 heavy (non-hydrogen) atoms. The van der Waals surface area contributed by atoms with Crippen LogP contribution < -0.4 is 5.32 Å². The summed E-state index contributed by atoms with van der Waals surface area (Å²) < 4.78 is 36.2. The Kier molecular flexibility index (Phi) is 5.19. The number of hydrogen-bond acceptors (Lipinski definition) is 5. The quantitative estimate of drug-likeness (QED) is 0.676. The van der Waals surface area contributed by atoms with Gasteiger partial charge in [0.2, 0.25) is 0 Å². The first-order chi connectivity index (χ1) is 9.40. The zero-order valence-electron chi connectivity index (χ0n) is 11.1. The van der Waals surface area contributed by atoms with E-state index in [2.05, 4.69) is 14.8 Å². The summed E-state index contributed by atoms with van der Waals surface area (Å²) in [5.41, 5.74) is -0.815. The summed E-state index contributed by atoms with van der Waals surface area (Å²) in [6, 6.07) is 2.28. The van der Waals surface area contributed by atoms with Crippen molar-refractivity contribution in [3.05, 3.63) is 41.1 Å². The molecular formula is C13H13F2NO4. The minimum atomic E-state index is -0.962. The minimum absolute atomic E-state index is 0.177. The van der Waals surface area contributed by atoms with Crippen molar-refractivity contribution in [2.75, 3.05) is 19.5 Å². The molecule has 0 aromatic heterocycles. The molecule has 0 saturated carbocycles. The van der Waals surface area contributed by atoms with Crippen LogP contribution in [0, 0.1) is 18.6 Å². The first-order valence-corrected chi connectivity index (χ1v) is 5.50. The standard InChI is InChI=1S/C13H13F2NO4/c1-7-4-5-8(14)12(11(7)15)16-9(13(18)20-3)6-10(17)19-2/h4-6,16H,1-3H3/b9-6+. The largest absolute Gasteiger partial charge is 0.466 e. The Morgan fingerprint density at radius 3 is 2.40 bits per heavy atom. The molecule has 0 radical (unpaired) electrons. The Morgan fingerprint density at radius 2 is 1.85 bits per heavy atom. The molecule has 0 spiro atoms. The van der Waals surface area contributed by atoms with Crippen LogP contribution in [0.25, 0.3) is 0 Å². The van der Waals surface area contributed by atoms with Crippen molar-refractivity contribution >= 4 is 17.6 Å². The maximum atomic E-state index is 13.8. The molecule has 0 saturated heterocycles. The molecule has 5 nitrogen and oxygen atoms in total. The minimum Gasteiger partial charge on any atom is -0.466 e. The zero-order chi connectivity index (χ0) is 15.3. The predicted molar refractivity (Wildman–Crippen MR) is 66.8 cm³/mol. The third-order valence-corrected chi connectivity index (χ3v) is 2.41. The summed E-state index contributed by atoms with van der Waals surface area (Å²) in [7, 11) is 2.17. The lowest BCUT2D eigenvalue weighted by Gasteiger charge is -2.11. The molecule has 1 rings (SSSR count). The number of hydrogen-bond donors (Lipinski definition) is 1. The number of carbonyl (C=O) groups excluding carboxylic acids is 2. The summed E-state index contributed by atoms with van der Waals surface area (Å²) in [4.78, 5) is 22.6. The number of benzene rings is 1. The van der Waals surface area contributed by atoms with Gasteiger partial charge in [0.1, 0.15) is 17.2 Å². The van der Waals surface area contributed by atoms with Crippen LogP contribution in [0.1, 0.15) is 5.56 Å². The van der Waals surface area contributed by atoms with E-state index in [1.807, 2.05) is 0 Å². The first kappa shape index (κ1) is 15.6. The van der Waals surface area contributed by atoms with E-state index in [1.54, 1.807) is 0 Å². The zero-order valence-corrected chi connectivity index (χ0v) is 11.1. The van der Waals surface area contributed by atoms with Gasteiger partial charge in [-0.25, -0.2) is 18.4 Å². The smallest absolute Gasteiger partial charge is 0.354 e. The third kappa shape index (κ3) is 3.53. The van der Waals surface area contributed by atoms with E-state index in [4.69, 9.17) is 0 Å². The Hall–Kier alpha value is -2.44. The number of rotatable bonds is 4. The van der Waals surface area contributed by atoms with Gasteiger partial charge in [-0.1, -0.05) is 6.07 Å². The van der Waals surface area contributed by atoms with Crippen molar-refractivity contribution in [3.63, 3.8) is 0 Å². The lowest BCUT2D eigenvalue weighted by atomic mass is 10.2. The van der Waals surface area contributed by atoms with Gasteiger partial charge in [-0.2, -0.15) is 0 Å². The topological polar surface area (TPSA) is 64.6 Å². The van der Waals surface area contributed by atoms with E-state index < -0.39 is 35.0 Å². The van der Waals surface area contributed by atoms with Crippen molar-refractivity contribution < 1.29 is 27.8 Å². The lowest BCUT2D eigenvalue weighted by Crippen LogP contribution is -2.17. The number of ether oxygens (including phenoxy) is 2. The average molecular weight is 285 g/mol. The fourth-order valence-electron chi connectivity index (χ4n) is 1.34. The van der Waals surface area contributed by atoms with E-state index in [0.29, 0.717) is 0 Å². The van der Waals surface area contributed by atoms with Gasteiger partial charge in [0, 0.05) is 0 Å². The van der Waals surface area contributed by atoms with Crippen LogP contribution in [0.4, 0.5) is 14.5 Å². The van der Waals surface area contributed by atoms with Crippen LogP contribution >= 0.6 is 0 Å². The van der Waals surface area contributed by atoms with Crippen molar-refractivity contribution in [2.45, 2.75) is 6.92 Å². The van der Waals surface area contributed by atoms with Crippen LogP contribution in [-0.2, 0) is 19.1 Å². The van der Waals surface area contributed by atoms with Crippen molar-refractivity contribution in [1.29, 1.82) is 0 Å².